The number of carboxylic acid groups (broad SMARTS) is 1. The maximum atomic E-state index is 11.6. The van der Waals surface area contributed by atoms with Crippen LogP contribution in [-0.2, 0) is 9.59 Å². The summed E-state index contributed by atoms with van der Waals surface area (Å²) in [6.45, 7) is 10.4. The molecular formula is C17H33NO3. The van der Waals surface area contributed by atoms with E-state index in [1.165, 1.54) is 19.3 Å². The van der Waals surface area contributed by atoms with E-state index in [2.05, 4.69) is 13.8 Å². The van der Waals surface area contributed by atoms with Crippen LogP contribution in [-0.4, -0.2) is 35.0 Å². The maximum absolute atomic E-state index is 11.6. The van der Waals surface area contributed by atoms with Gasteiger partial charge in [0.2, 0.25) is 5.91 Å². The fourth-order valence-electron chi connectivity index (χ4n) is 2.13. The van der Waals surface area contributed by atoms with Crippen molar-refractivity contribution >= 4 is 11.9 Å². The molecule has 1 amide bonds. The lowest BCUT2D eigenvalue weighted by molar-refractivity contribution is -0.137. The topological polar surface area (TPSA) is 57.6 Å². The lowest BCUT2D eigenvalue weighted by atomic mass is 10.1. The predicted molar refractivity (Wildman–Crippen MR) is 86.2 cm³/mol. The first-order chi connectivity index (χ1) is 9.82. The Bertz CT molecular complexity index is 294. The molecule has 124 valence electrons. The number of hydrogen-bond acceptors (Lipinski definition) is 2. The first kappa shape index (κ1) is 19.9. The van der Waals surface area contributed by atoms with Crippen LogP contribution in [0, 0.1) is 11.8 Å². The third-order valence-electron chi connectivity index (χ3n) is 3.58. The summed E-state index contributed by atoms with van der Waals surface area (Å²) in [5.74, 6) is 0.826. The number of carbonyl (C=O) groups is 2. The second kappa shape index (κ2) is 11.6. The van der Waals surface area contributed by atoms with Crippen molar-refractivity contribution in [3.8, 4) is 0 Å². The number of likely N-dealkylation sites (tertiary alicyclic amines) is 1. The van der Waals surface area contributed by atoms with E-state index >= 15 is 0 Å². The molecule has 1 aliphatic heterocycles. The molecule has 0 aliphatic carbocycles. The molecule has 1 aliphatic rings. The Kier molecular flexibility index (Phi) is 11.0. The highest BCUT2D eigenvalue weighted by Crippen LogP contribution is 2.12. The van der Waals surface area contributed by atoms with Crippen molar-refractivity contribution in [1.82, 2.24) is 4.90 Å². The van der Waals surface area contributed by atoms with Gasteiger partial charge in [-0.2, -0.15) is 0 Å². The van der Waals surface area contributed by atoms with Gasteiger partial charge in [-0.15, -0.1) is 0 Å². The minimum atomic E-state index is -0.696. The third kappa shape index (κ3) is 12.4. The summed E-state index contributed by atoms with van der Waals surface area (Å²) >= 11 is 0. The van der Waals surface area contributed by atoms with Crippen molar-refractivity contribution in [3.05, 3.63) is 0 Å². The smallest absolute Gasteiger partial charge is 0.303 e. The zero-order valence-electron chi connectivity index (χ0n) is 14.2. The fourth-order valence-corrected chi connectivity index (χ4v) is 2.13. The lowest BCUT2D eigenvalue weighted by Crippen LogP contribution is -2.35. The summed E-state index contributed by atoms with van der Waals surface area (Å²) in [5.41, 5.74) is 0. The molecule has 0 unspecified atom stereocenters. The molecule has 1 fully saturated rings. The Morgan fingerprint density at radius 1 is 0.905 bits per heavy atom. The number of carboxylic acids is 1. The fraction of sp³-hybridized carbons (Fsp3) is 0.882. The molecule has 0 bridgehead atoms. The van der Waals surface area contributed by atoms with Gasteiger partial charge in [0.25, 0.3) is 0 Å². The van der Waals surface area contributed by atoms with Crippen LogP contribution in [0.4, 0.5) is 0 Å². The zero-order valence-corrected chi connectivity index (χ0v) is 14.2. The molecule has 0 spiro atoms. The summed E-state index contributed by atoms with van der Waals surface area (Å²) < 4.78 is 0. The summed E-state index contributed by atoms with van der Waals surface area (Å²) in [7, 11) is 0. The van der Waals surface area contributed by atoms with Gasteiger partial charge in [0.15, 0.2) is 0 Å². The van der Waals surface area contributed by atoms with Crippen LogP contribution in [0.3, 0.4) is 0 Å². The highest BCUT2D eigenvalue weighted by molar-refractivity contribution is 5.76. The van der Waals surface area contributed by atoms with E-state index in [1.807, 2.05) is 18.7 Å². The number of rotatable bonds is 6. The molecule has 1 rings (SSSR count). The van der Waals surface area contributed by atoms with Gasteiger partial charge in [0.05, 0.1) is 0 Å². The van der Waals surface area contributed by atoms with Gasteiger partial charge in [0, 0.05) is 25.9 Å². The van der Waals surface area contributed by atoms with Crippen LogP contribution >= 0.6 is 0 Å². The highest BCUT2D eigenvalue weighted by atomic mass is 16.4. The van der Waals surface area contributed by atoms with Gasteiger partial charge in [-0.25, -0.2) is 0 Å². The molecule has 0 atom stereocenters. The van der Waals surface area contributed by atoms with E-state index in [1.54, 1.807) is 0 Å². The second-order valence-electron chi connectivity index (χ2n) is 6.70. The molecule has 4 heteroatoms. The molecule has 1 saturated heterocycles. The first-order valence-electron chi connectivity index (χ1n) is 8.32. The van der Waals surface area contributed by atoms with Crippen LogP contribution in [0.25, 0.3) is 0 Å². The number of nitrogens with zero attached hydrogens (tertiary/aromatic N) is 1. The van der Waals surface area contributed by atoms with Crippen molar-refractivity contribution in [2.24, 2.45) is 11.8 Å². The Labute approximate surface area is 129 Å². The minimum Gasteiger partial charge on any atom is -0.481 e. The Morgan fingerprint density at radius 3 is 1.76 bits per heavy atom. The number of carbonyl (C=O) groups excluding carboxylic acids is 1. The van der Waals surface area contributed by atoms with Crippen molar-refractivity contribution in [2.75, 3.05) is 13.1 Å². The van der Waals surface area contributed by atoms with Gasteiger partial charge < -0.3 is 10.0 Å². The molecule has 0 aromatic rings. The molecule has 0 saturated carbocycles. The minimum absolute atomic E-state index is 0.303. The Balaban J connectivity index is 0.000000433. The van der Waals surface area contributed by atoms with E-state index in [9.17, 15) is 9.59 Å². The number of aliphatic carboxylic acids is 1. The molecule has 0 aromatic carbocycles. The van der Waals surface area contributed by atoms with Crippen molar-refractivity contribution in [1.29, 1.82) is 0 Å². The van der Waals surface area contributed by atoms with Gasteiger partial charge in [-0.05, 0) is 43.9 Å². The summed E-state index contributed by atoms with van der Waals surface area (Å²) in [4.78, 5) is 23.6. The van der Waals surface area contributed by atoms with E-state index < -0.39 is 5.97 Å². The van der Waals surface area contributed by atoms with Crippen molar-refractivity contribution < 1.29 is 14.7 Å². The van der Waals surface area contributed by atoms with Gasteiger partial charge in [-0.3, -0.25) is 9.59 Å². The van der Waals surface area contributed by atoms with Crippen LogP contribution in [0.15, 0.2) is 0 Å². The average Bonchev–Trinajstić information content (AvgIpc) is 2.44. The normalized spacial score (nSPS) is 14.9. The first-order valence-corrected chi connectivity index (χ1v) is 8.32. The van der Waals surface area contributed by atoms with E-state index in [0.29, 0.717) is 24.2 Å². The van der Waals surface area contributed by atoms with Crippen molar-refractivity contribution in [2.45, 2.75) is 72.6 Å². The van der Waals surface area contributed by atoms with E-state index in [0.717, 1.165) is 32.4 Å². The molecule has 1 heterocycles. The highest BCUT2D eigenvalue weighted by Gasteiger charge is 2.15. The van der Waals surface area contributed by atoms with Crippen LogP contribution in [0.1, 0.15) is 72.6 Å². The van der Waals surface area contributed by atoms with Gasteiger partial charge >= 0.3 is 5.97 Å². The molecular weight excluding hydrogens is 266 g/mol. The molecule has 0 radical (unpaired) electrons. The number of hydrogen-bond donors (Lipinski definition) is 1. The predicted octanol–water partition coefficient (Wildman–Crippen LogP) is 3.94. The molecule has 1 N–H and O–H groups in total. The molecule has 0 aromatic heterocycles. The van der Waals surface area contributed by atoms with Crippen molar-refractivity contribution in [3.63, 3.8) is 0 Å². The van der Waals surface area contributed by atoms with Gasteiger partial charge in [0.1, 0.15) is 0 Å². The standard InChI is InChI=1S/C11H21NO.C6H12O2/c1-10(2)6-7-11(13)12-8-4-3-5-9-12;1-5(2)3-4-6(7)8/h10H,3-9H2,1-2H3;5H,3-4H2,1-2H3,(H,7,8). The zero-order chi connectivity index (χ0) is 16.3. The number of amides is 1. The van der Waals surface area contributed by atoms with Crippen LogP contribution in [0.5, 0.6) is 0 Å². The summed E-state index contributed by atoms with van der Waals surface area (Å²) in [6.07, 6.45) is 6.58. The van der Waals surface area contributed by atoms with Crippen LogP contribution in [0.2, 0.25) is 0 Å². The Morgan fingerprint density at radius 2 is 1.38 bits per heavy atom. The van der Waals surface area contributed by atoms with E-state index in [4.69, 9.17) is 5.11 Å². The summed E-state index contributed by atoms with van der Waals surface area (Å²) in [5, 5.41) is 8.16. The largest absolute Gasteiger partial charge is 0.481 e. The van der Waals surface area contributed by atoms with E-state index in [-0.39, 0.29) is 0 Å². The quantitative estimate of drug-likeness (QED) is 0.808. The number of piperidine rings is 1. The SMILES string of the molecule is CC(C)CCC(=O)N1CCCCC1.CC(C)CCC(=O)O. The lowest BCUT2D eigenvalue weighted by Gasteiger charge is -2.26. The molecule has 4 nitrogen and oxygen atoms in total. The summed E-state index contributed by atoms with van der Waals surface area (Å²) in [6, 6.07) is 0. The average molecular weight is 299 g/mol. The van der Waals surface area contributed by atoms with Gasteiger partial charge in [-0.1, -0.05) is 27.7 Å². The monoisotopic (exact) mass is 299 g/mol. The second-order valence-corrected chi connectivity index (χ2v) is 6.70. The Hall–Kier alpha value is -1.06. The third-order valence-corrected chi connectivity index (χ3v) is 3.58. The van der Waals surface area contributed by atoms with Crippen LogP contribution < -0.4 is 0 Å². The molecule has 21 heavy (non-hydrogen) atoms. The maximum Gasteiger partial charge on any atom is 0.303 e.